The lowest BCUT2D eigenvalue weighted by Gasteiger charge is -2.25. The highest BCUT2D eigenvalue weighted by Crippen LogP contribution is 2.25. The van der Waals surface area contributed by atoms with Gasteiger partial charge >= 0.3 is 0 Å². The summed E-state index contributed by atoms with van der Waals surface area (Å²) in [5.74, 6) is 1.33. The van der Waals surface area contributed by atoms with Gasteiger partial charge < -0.3 is 9.32 Å². The van der Waals surface area contributed by atoms with E-state index in [0.29, 0.717) is 18.3 Å². The maximum atomic E-state index is 12.4. The molecule has 1 amide bonds. The van der Waals surface area contributed by atoms with Crippen LogP contribution in [0.25, 0.3) is 11.5 Å². The van der Waals surface area contributed by atoms with Crippen LogP contribution >= 0.6 is 0 Å². The smallest absolute Gasteiger partial charge is 0.247 e. The standard InChI is InChI=1S/C17H21N3O2/c1-20(17(21)14-10-6-3-7-11-14)12-15-18-19-16(22-15)13-8-4-2-5-9-13/h2,4-5,8-9,14H,3,6-7,10-12H2,1H3. The molecule has 2 aromatic rings. The van der Waals surface area contributed by atoms with E-state index in [1.54, 1.807) is 4.90 Å². The van der Waals surface area contributed by atoms with Gasteiger partial charge in [0.25, 0.3) is 0 Å². The molecule has 5 heteroatoms. The number of hydrogen-bond donors (Lipinski definition) is 0. The molecule has 1 aromatic heterocycles. The van der Waals surface area contributed by atoms with Crippen molar-refractivity contribution >= 4 is 5.91 Å². The molecular weight excluding hydrogens is 278 g/mol. The predicted octanol–water partition coefficient (Wildman–Crippen LogP) is 3.28. The van der Waals surface area contributed by atoms with E-state index in [9.17, 15) is 4.79 Å². The third-order valence-electron chi connectivity index (χ3n) is 4.19. The molecule has 0 bridgehead atoms. The second-order valence-corrected chi connectivity index (χ2v) is 5.90. The van der Waals surface area contributed by atoms with E-state index < -0.39 is 0 Å². The minimum Gasteiger partial charge on any atom is -0.419 e. The van der Waals surface area contributed by atoms with E-state index in [1.807, 2.05) is 37.4 Å². The van der Waals surface area contributed by atoms with Crippen molar-refractivity contribution in [3.63, 3.8) is 0 Å². The van der Waals surface area contributed by atoms with E-state index in [0.717, 1.165) is 31.2 Å². The summed E-state index contributed by atoms with van der Waals surface area (Å²) in [6.07, 6.45) is 5.56. The molecule has 0 saturated heterocycles. The van der Waals surface area contributed by atoms with E-state index in [2.05, 4.69) is 10.2 Å². The number of carbonyl (C=O) groups is 1. The van der Waals surface area contributed by atoms with Gasteiger partial charge in [-0.05, 0) is 25.0 Å². The summed E-state index contributed by atoms with van der Waals surface area (Å²) in [5.41, 5.74) is 0.891. The van der Waals surface area contributed by atoms with Crippen molar-refractivity contribution in [3.05, 3.63) is 36.2 Å². The largest absolute Gasteiger partial charge is 0.419 e. The molecule has 22 heavy (non-hydrogen) atoms. The quantitative estimate of drug-likeness (QED) is 0.869. The second-order valence-electron chi connectivity index (χ2n) is 5.90. The Labute approximate surface area is 130 Å². The van der Waals surface area contributed by atoms with Gasteiger partial charge in [0.15, 0.2) is 0 Å². The van der Waals surface area contributed by atoms with E-state index in [-0.39, 0.29) is 11.8 Å². The summed E-state index contributed by atoms with van der Waals surface area (Å²) in [5, 5.41) is 8.11. The number of carbonyl (C=O) groups excluding carboxylic acids is 1. The average Bonchev–Trinajstić information content (AvgIpc) is 3.04. The fourth-order valence-corrected chi connectivity index (χ4v) is 2.96. The van der Waals surface area contributed by atoms with Gasteiger partial charge in [0, 0.05) is 18.5 Å². The third-order valence-corrected chi connectivity index (χ3v) is 4.19. The van der Waals surface area contributed by atoms with Crippen LogP contribution in [-0.4, -0.2) is 28.1 Å². The van der Waals surface area contributed by atoms with Gasteiger partial charge in [0.2, 0.25) is 17.7 Å². The van der Waals surface area contributed by atoms with Crippen molar-refractivity contribution < 1.29 is 9.21 Å². The van der Waals surface area contributed by atoms with Gasteiger partial charge in [0.05, 0.1) is 6.54 Å². The van der Waals surface area contributed by atoms with E-state index in [4.69, 9.17) is 4.42 Å². The molecule has 1 aliphatic carbocycles. The van der Waals surface area contributed by atoms with Crippen molar-refractivity contribution in [2.75, 3.05) is 7.05 Å². The van der Waals surface area contributed by atoms with Crippen LogP contribution in [0.3, 0.4) is 0 Å². The fraction of sp³-hybridized carbons (Fsp3) is 0.471. The van der Waals surface area contributed by atoms with Crippen LogP contribution in [0.1, 0.15) is 38.0 Å². The van der Waals surface area contributed by atoms with E-state index >= 15 is 0 Å². The first-order chi connectivity index (χ1) is 10.7. The molecule has 0 atom stereocenters. The van der Waals surface area contributed by atoms with Crippen molar-refractivity contribution in [1.29, 1.82) is 0 Å². The number of rotatable bonds is 4. The Morgan fingerprint density at radius 2 is 1.91 bits per heavy atom. The highest BCUT2D eigenvalue weighted by molar-refractivity contribution is 5.78. The number of benzene rings is 1. The van der Waals surface area contributed by atoms with Crippen LogP contribution < -0.4 is 0 Å². The molecule has 0 unspecified atom stereocenters. The zero-order chi connectivity index (χ0) is 15.4. The first kappa shape index (κ1) is 14.8. The van der Waals surface area contributed by atoms with Gasteiger partial charge in [-0.1, -0.05) is 37.5 Å². The zero-order valence-corrected chi connectivity index (χ0v) is 12.9. The Hall–Kier alpha value is -2.17. The molecule has 1 aromatic carbocycles. The number of nitrogens with zero attached hydrogens (tertiary/aromatic N) is 3. The van der Waals surface area contributed by atoms with Crippen LogP contribution in [0.2, 0.25) is 0 Å². The number of aromatic nitrogens is 2. The molecule has 0 radical (unpaired) electrons. The van der Waals surface area contributed by atoms with Gasteiger partial charge in [-0.15, -0.1) is 10.2 Å². The lowest BCUT2D eigenvalue weighted by Crippen LogP contribution is -2.33. The summed E-state index contributed by atoms with van der Waals surface area (Å²) in [6, 6.07) is 9.65. The summed E-state index contributed by atoms with van der Waals surface area (Å²) >= 11 is 0. The topological polar surface area (TPSA) is 59.2 Å². The highest BCUT2D eigenvalue weighted by atomic mass is 16.4. The SMILES string of the molecule is CN(Cc1nnc(-c2ccccc2)o1)C(=O)C1CCCCC1. The molecule has 0 N–H and O–H groups in total. The van der Waals surface area contributed by atoms with Gasteiger partial charge in [0.1, 0.15) is 0 Å². The van der Waals surface area contributed by atoms with E-state index in [1.165, 1.54) is 6.42 Å². The number of amides is 1. The number of hydrogen-bond acceptors (Lipinski definition) is 4. The highest BCUT2D eigenvalue weighted by Gasteiger charge is 2.25. The molecule has 0 aliphatic heterocycles. The molecular formula is C17H21N3O2. The normalized spacial score (nSPS) is 15.7. The third kappa shape index (κ3) is 3.35. The first-order valence-corrected chi connectivity index (χ1v) is 7.87. The molecule has 1 heterocycles. The molecule has 1 aliphatic rings. The van der Waals surface area contributed by atoms with Crippen molar-refractivity contribution in [2.45, 2.75) is 38.6 Å². The van der Waals surface area contributed by atoms with Crippen LogP contribution in [-0.2, 0) is 11.3 Å². The van der Waals surface area contributed by atoms with Gasteiger partial charge in [-0.25, -0.2) is 0 Å². The fourth-order valence-electron chi connectivity index (χ4n) is 2.96. The van der Waals surface area contributed by atoms with Crippen LogP contribution in [0.4, 0.5) is 0 Å². The zero-order valence-electron chi connectivity index (χ0n) is 12.9. The maximum absolute atomic E-state index is 12.4. The lowest BCUT2D eigenvalue weighted by molar-refractivity contribution is -0.136. The van der Waals surface area contributed by atoms with Crippen LogP contribution in [0, 0.1) is 5.92 Å². The van der Waals surface area contributed by atoms with Crippen LogP contribution in [0.15, 0.2) is 34.7 Å². The first-order valence-electron chi connectivity index (χ1n) is 7.87. The summed E-state index contributed by atoms with van der Waals surface area (Å²) in [7, 11) is 1.81. The second kappa shape index (κ2) is 6.73. The molecule has 116 valence electrons. The minimum atomic E-state index is 0.162. The minimum absolute atomic E-state index is 0.162. The van der Waals surface area contributed by atoms with Gasteiger partial charge in [-0.3, -0.25) is 4.79 Å². The average molecular weight is 299 g/mol. The maximum Gasteiger partial charge on any atom is 0.247 e. The Balaban J connectivity index is 1.63. The van der Waals surface area contributed by atoms with Gasteiger partial charge in [-0.2, -0.15) is 0 Å². The van der Waals surface area contributed by atoms with Crippen molar-refractivity contribution in [2.24, 2.45) is 5.92 Å². The Kier molecular flexibility index (Phi) is 4.51. The Morgan fingerprint density at radius 1 is 1.18 bits per heavy atom. The monoisotopic (exact) mass is 299 g/mol. The molecule has 5 nitrogen and oxygen atoms in total. The summed E-state index contributed by atoms with van der Waals surface area (Å²) in [4.78, 5) is 14.1. The molecule has 1 saturated carbocycles. The predicted molar refractivity (Wildman–Crippen MR) is 82.8 cm³/mol. The summed E-state index contributed by atoms with van der Waals surface area (Å²) in [6.45, 7) is 0.370. The molecule has 1 fully saturated rings. The Morgan fingerprint density at radius 3 is 2.64 bits per heavy atom. The lowest BCUT2D eigenvalue weighted by atomic mass is 9.88. The van der Waals surface area contributed by atoms with Crippen LogP contribution in [0.5, 0.6) is 0 Å². The Bertz CT molecular complexity index is 618. The van der Waals surface area contributed by atoms with Crippen molar-refractivity contribution in [3.8, 4) is 11.5 Å². The molecule has 0 spiro atoms. The van der Waals surface area contributed by atoms with Crippen molar-refractivity contribution in [1.82, 2.24) is 15.1 Å². The summed E-state index contributed by atoms with van der Waals surface area (Å²) < 4.78 is 5.66. The molecule has 3 rings (SSSR count).